The lowest BCUT2D eigenvalue weighted by atomic mass is 9.85. The van der Waals surface area contributed by atoms with E-state index in [-0.39, 0.29) is 16.9 Å². The van der Waals surface area contributed by atoms with E-state index in [4.69, 9.17) is 5.73 Å². The standard InChI is InChI=1S/C15H21FN2O/c1-15(2)6-3-8-18(9-7-15)14(19)12-5-4-11(17)10-13(12)16/h4-5,10H,3,6-9,17H2,1-2H3. The van der Waals surface area contributed by atoms with Gasteiger partial charge in [-0.15, -0.1) is 0 Å². The zero-order valence-corrected chi connectivity index (χ0v) is 11.6. The van der Waals surface area contributed by atoms with Crippen LogP contribution in [0, 0.1) is 11.2 Å². The second kappa shape index (κ2) is 5.19. The highest BCUT2D eigenvalue weighted by Crippen LogP contribution is 2.30. The van der Waals surface area contributed by atoms with Gasteiger partial charge >= 0.3 is 0 Å². The Morgan fingerprint density at radius 3 is 2.74 bits per heavy atom. The van der Waals surface area contributed by atoms with Crippen molar-refractivity contribution in [2.24, 2.45) is 5.41 Å². The number of hydrogen-bond acceptors (Lipinski definition) is 2. The molecular weight excluding hydrogens is 243 g/mol. The van der Waals surface area contributed by atoms with Crippen LogP contribution in [0.15, 0.2) is 18.2 Å². The van der Waals surface area contributed by atoms with Crippen molar-refractivity contribution >= 4 is 11.6 Å². The number of hydrogen-bond donors (Lipinski definition) is 1. The molecule has 1 amide bonds. The van der Waals surface area contributed by atoms with E-state index in [1.54, 1.807) is 11.0 Å². The lowest BCUT2D eigenvalue weighted by Crippen LogP contribution is -2.33. The van der Waals surface area contributed by atoms with Crippen molar-refractivity contribution < 1.29 is 9.18 Å². The molecule has 2 N–H and O–H groups in total. The van der Waals surface area contributed by atoms with Crippen LogP contribution in [-0.4, -0.2) is 23.9 Å². The third kappa shape index (κ3) is 3.25. The molecular formula is C15H21FN2O. The Hall–Kier alpha value is -1.58. The van der Waals surface area contributed by atoms with Gasteiger partial charge in [0.1, 0.15) is 5.82 Å². The van der Waals surface area contributed by atoms with Crippen LogP contribution in [-0.2, 0) is 0 Å². The van der Waals surface area contributed by atoms with Crippen LogP contribution in [0.1, 0.15) is 43.5 Å². The Morgan fingerprint density at radius 1 is 1.32 bits per heavy atom. The predicted molar refractivity (Wildman–Crippen MR) is 74.3 cm³/mol. The first-order chi connectivity index (χ1) is 8.89. The lowest BCUT2D eigenvalue weighted by Gasteiger charge is -2.23. The van der Waals surface area contributed by atoms with Crippen molar-refractivity contribution in [3.05, 3.63) is 29.6 Å². The minimum atomic E-state index is -0.534. The number of carbonyl (C=O) groups excluding carboxylic acids is 1. The van der Waals surface area contributed by atoms with E-state index < -0.39 is 5.82 Å². The number of nitrogens with zero attached hydrogens (tertiary/aromatic N) is 1. The van der Waals surface area contributed by atoms with Gasteiger partial charge in [-0.2, -0.15) is 0 Å². The Bertz CT molecular complexity index is 485. The number of nitrogens with two attached hydrogens (primary N) is 1. The summed E-state index contributed by atoms with van der Waals surface area (Å²) >= 11 is 0. The molecule has 104 valence electrons. The number of benzene rings is 1. The fourth-order valence-corrected chi connectivity index (χ4v) is 2.50. The molecule has 1 fully saturated rings. The van der Waals surface area contributed by atoms with E-state index >= 15 is 0 Å². The number of likely N-dealkylation sites (tertiary alicyclic amines) is 1. The molecule has 1 aromatic carbocycles. The van der Waals surface area contributed by atoms with Crippen LogP contribution in [0.2, 0.25) is 0 Å². The van der Waals surface area contributed by atoms with E-state index in [9.17, 15) is 9.18 Å². The van der Waals surface area contributed by atoms with Gasteiger partial charge in [-0.25, -0.2) is 4.39 Å². The number of halogens is 1. The molecule has 1 saturated heterocycles. The summed E-state index contributed by atoms with van der Waals surface area (Å²) in [5, 5.41) is 0. The highest BCUT2D eigenvalue weighted by molar-refractivity contribution is 5.94. The maximum atomic E-state index is 13.8. The zero-order chi connectivity index (χ0) is 14.0. The van der Waals surface area contributed by atoms with Crippen LogP contribution in [0.4, 0.5) is 10.1 Å². The van der Waals surface area contributed by atoms with Crippen molar-refractivity contribution in [3.8, 4) is 0 Å². The van der Waals surface area contributed by atoms with Crippen LogP contribution in [0.3, 0.4) is 0 Å². The molecule has 4 heteroatoms. The summed E-state index contributed by atoms with van der Waals surface area (Å²) in [7, 11) is 0. The topological polar surface area (TPSA) is 46.3 Å². The van der Waals surface area contributed by atoms with Crippen LogP contribution in [0.5, 0.6) is 0 Å². The molecule has 0 spiro atoms. The van der Waals surface area contributed by atoms with Gasteiger partial charge in [0.25, 0.3) is 5.91 Å². The molecule has 1 aliphatic rings. The quantitative estimate of drug-likeness (QED) is 0.792. The van der Waals surface area contributed by atoms with Gasteiger partial charge in [0.15, 0.2) is 0 Å². The van der Waals surface area contributed by atoms with Crippen LogP contribution < -0.4 is 5.73 Å². The fraction of sp³-hybridized carbons (Fsp3) is 0.533. The summed E-state index contributed by atoms with van der Waals surface area (Å²) in [5.41, 5.74) is 6.22. The lowest BCUT2D eigenvalue weighted by molar-refractivity contribution is 0.0753. The Morgan fingerprint density at radius 2 is 2.05 bits per heavy atom. The molecule has 19 heavy (non-hydrogen) atoms. The highest BCUT2D eigenvalue weighted by atomic mass is 19.1. The van der Waals surface area contributed by atoms with Crippen molar-refractivity contribution in [2.75, 3.05) is 18.8 Å². The Balaban J connectivity index is 2.15. The molecule has 0 radical (unpaired) electrons. The number of anilines is 1. The molecule has 3 nitrogen and oxygen atoms in total. The van der Waals surface area contributed by atoms with Crippen molar-refractivity contribution in [3.63, 3.8) is 0 Å². The van der Waals surface area contributed by atoms with Crippen LogP contribution >= 0.6 is 0 Å². The number of carbonyl (C=O) groups is 1. The van der Waals surface area contributed by atoms with E-state index in [2.05, 4.69) is 13.8 Å². The van der Waals surface area contributed by atoms with Gasteiger partial charge in [-0.05, 0) is 42.9 Å². The third-order valence-electron chi connectivity index (χ3n) is 3.85. The van der Waals surface area contributed by atoms with Gasteiger partial charge in [0, 0.05) is 18.8 Å². The molecule has 1 aromatic rings. The van der Waals surface area contributed by atoms with E-state index in [0.717, 1.165) is 19.3 Å². The average molecular weight is 264 g/mol. The van der Waals surface area contributed by atoms with Crippen LogP contribution in [0.25, 0.3) is 0 Å². The van der Waals surface area contributed by atoms with Crippen molar-refractivity contribution in [1.29, 1.82) is 0 Å². The maximum Gasteiger partial charge on any atom is 0.256 e. The highest BCUT2D eigenvalue weighted by Gasteiger charge is 2.26. The third-order valence-corrected chi connectivity index (χ3v) is 3.85. The van der Waals surface area contributed by atoms with Gasteiger partial charge in [-0.3, -0.25) is 4.79 Å². The molecule has 0 unspecified atom stereocenters. The molecule has 0 atom stereocenters. The second-order valence-corrected chi connectivity index (χ2v) is 6.05. The second-order valence-electron chi connectivity index (χ2n) is 6.05. The molecule has 0 aliphatic carbocycles. The maximum absolute atomic E-state index is 13.8. The summed E-state index contributed by atoms with van der Waals surface area (Å²) in [6.07, 6.45) is 3.02. The van der Waals surface area contributed by atoms with Gasteiger partial charge < -0.3 is 10.6 Å². The fourth-order valence-electron chi connectivity index (χ4n) is 2.50. The average Bonchev–Trinajstić information content (AvgIpc) is 2.49. The largest absolute Gasteiger partial charge is 0.399 e. The SMILES string of the molecule is CC1(C)CCCN(C(=O)c2ccc(N)cc2F)CC1. The normalized spacial score (nSPS) is 19.0. The first-order valence-corrected chi connectivity index (χ1v) is 6.73. The number of rotatable bonds is 1. The zero-order valence-electron chi connectivity index (χ0n) is 11.6. The molecule has 0 saturated carbocycles. The first kappa shape index (κ1) is 13.8. The Labute approximate surface area is 113 Å². The van der Waals surface area contributed by atoms with Crippen molar-refractivity contribution in [2.45, 2.75) is 33.1 Å². The first-order valence-electron chi connectivity index (χ1n) is 6.73. The molecule has 1 heterocycles. The molecule has 1 aliphatic heterocycles. The van der Waals surface area contributed by atoms with Gasteiger partial charge in [0.05, 0.1) is 5.56 Å². The monoisotopic (exact) mass is 264 g/mol. The van der Waals surface area contributed by atoms with Gasteiger partial charge in [0.2, 0.25) is 0 Å². The van der Waals surface area contributed by atoms with Crippen molar-refractivity contribution in [1.82, 2.24) is 4.90 Å². The smallest absolute Gasteiger partial charge is 0.256 e. The summed E-state index contributed by atoms with van der Waals surface area (Å²) in [6, 6.07) is 4.25. The minimum Gasteiger partial charge on any atom is -0.399 e. The molecule has 0 bridgehead atoms. The van der Waals surface area contributed by atoms with E-state index in [0.29, 0.717) is 18.8 Å². The summed E-state index contributed by atoms with van der Waals surface area (Å²) in [6.45, 7) is 5.82. The van der Waals surface area contributed by atoms with E-state index in [1.165, 1.54) is 12.1 Å². The summed E-state index contributed by atoms with van der Waals surface area (Å²) in [5.74, 6) is -0.760. The molecule has 2 rings (SSSR count). The molecule has 0 aromatic heterocycles. The van der Waals surface area contributed by atoms with Gasteiger partial charge in [-0.1, -0.05) is 13.8 Å². The van der Waals surface area contributed by atoms with E-state index in [1.807, 2.05) is 0 Å². The number of nitrogen functional groups attached to an aromatic ring is 1. The summed E-state index contributed by atoms with van der Waals surface area (Å²) in [4.78, 5) is 14.1. The number of amides is 1. The summed E-state index contributed by atoms with van der Waals surface area (Å²) < 4.78 is 13.8. The Kier molecular flexibility index (Phi) is 3.78. The predicted octanol–water partition coefficient (Wildman–Crippen LogP) is 3.06. The minimum absolute atomic E-state index is 0.119.